The monoisotopic (exact) mass is 622 g/mol. The molecule has 8 nitrogen and oxygen atoms in total. The third-order valence-electron chi connectivity index (χ3n) is 6.86. The second-order valence-corrected chi connectivity index (χ2v) is 10.2. The predicted octanol–water partition coefficient (Wildman–Crippen LogP) is 6.94. The Morgan fingerprint density at radius 1 is 0.457 bits per heavy atom. The Bertz CT molecular complexity index is 1470. The van der Waals surface area contributed by atoms with Crippen LogP contribution in [0, 0.1) is 0 Å². The van der Waals surface area contributed by atoms with Crippen molar-refractivity contribution >= 4 is 11.9 Å². The van der Waals surface area contributed by atoms with E-state index < -0.39 is 11.9 Å². The Labute approximate surface area is 269 Å². The van der Waals surface area contributed by atoms with Crippen molar-refractivity contribution in [3.63, 3.8) is 0 Å². The summed E-state index contributed by atoms with van der Waals surface area (Å²) >= 11 is 0. The molecule has 4 aromatic carbocycles. The lowest BCUT2D eigenvalue weighted by Crippen LogP contribution is -2.15. The maximum Gasteiger partial charge on any atom is 0.335 e. The minimum absolute atomic E-state index is 0.127. The molecule has 0 heterocycles. The SMILES string of the molecule is C=C(COC)C(=O)OCCOc1ccc(-c2ccc(-c3ccc(-c4ccc(OCCOC(=O)C(=C)COC)cc4)cc3)cc2)cc1. The van der Waals surface area contributed by atoms with Crippen LogP contribution in [0.2, 0.25) is 0 Å². The lowest BCUT2D eigenvalue weighted by Gasteiger charge is -2.10. The molecule has 0 radical (unpaired) electrons. The summed E-state index contributed by atoms with van der Waals surface area (Å²) in [6.45, 7) is 8.26. The third-order valence-corrected chi connectivity index (χ3v) is 6.86. The highest BCUT2D eigenvalue weighted by atomic mass is 16.6. The predicted molar refractivity (Wildman–Crippen MR) is 178 cm³/mol. The van der Waals surface area contributed by atoms with Crippen LogP contribution in [0.25, 0.3) is 33.4 Å². The average molecular weight is 623 g/mol. The smallest absolute Gasteiger partial charge is 0.335 e. The number of carbonyl (C=O) groups excluding carboxylic acids is 2. The Morgan fingerprint density at radius 2 is 0.717 bits per heavy atom. The first kappa shape index (κ1) is 33.7. The van der Waals surface area contributed by atoms with Gasteiger partial charge in [0.1, 0.15) is 37.9 Å². The van der Waals surface area contributed by atoms with Gasteiger partial charge in [-0.15, -0.1) is 0 Å². The van der Waals surface area contributed by atoms with Crippen molar-refractivity contribution in [2.24, 2.45) is 0 Å². The molecule has 0 aliphatic rings. The second-order valence-electron chi connectivity index (χ2n) is 10.2. The van der Waals surface area contributed by atoms with Crippen LogP contribution < -0.4 is 9.47 Å². The number of ether oxygens (including phenoxy) is 6. The van der Waals surface area contributed by atoms with Gasteiger partial charge in [-0.25, -0.2) is 9.59 Å². The lowest BCUT2D eigenvalue weighted by molar-refractivity contribution is -0.141. The number of hydrogen-bond acceptors (Lipinski definition) is 8. The molecule has 0 aliphatic carbocycles. The van der Waals surface area contributed by atoms with E-state index in [9.17, 15) is 9.59 Å². The molecule has 0 bridgehead atoms. The summed E-state index contributed by atoms with van der Waals surface area (Å²) in [6.07, 6.45) is 0. The Kier molecular flexibility index (Phi) is 12.7. The van der Waals surface area contributed by atoms with Gasteiger partial charge >= 0.3 is 11.9 Å². The van der Waals surface area contributed by atoms with E-state index in [-0.39, 0.29) is 50.8 Å². The highest BCUT2D eigenvalue weighted by Gasteiger charge is 2.09. The molecular formula is C38H38O8. The van der Waals surface area contributed by atoms with E-state index in [4.69, 9.17) is 28.4 Å². The topological polar surface area (TPSA) is 89.5 Å². The van der Waals surface area contributed by atoms with Crippen molar-refractivity contribution < 1.29 is 38.0 Å². The zero-order chi connectivity index (χ0) is 32.7. The molecule has 0 spiro atoms. The molecule has 0 fully saturated rings. The molecule has 4 aromatic rings. The molecule has 46 heavy (non-hydrogen) atoms. The molecule has 0 atom stereocenters. The van der Waals surface area contributed by atoms with Crippen LogP contribution in [-0.2, 0) is 28.5 Å². The highest BCUT2D eigenvalue weighted by molar-refractivity contribution is 5.88. The summed E-state index contributed by atoms with van der Waals surface area (Å²) in [7, 11) is 2.99. The zero-order valence-electron chi connectivity index (χ0n) is 26.2. The molecule has 0 aliphatic heterocycles. The van der Waals surface area contributed by atoms with Crippen molar-refractivity contribution in [1.29, 1.82) is 0 Å². The van der Waals surface area contributed by atoms with Crippen LogP contribution in [0.4, 0.5) is 0 Å². The highest BCUT2D eigenvalue weighted by Crippen LogP contribution is 2.29. The van der Waals surface area contributed by atoms with Gasteiger partial charge in [0, 0.05) is 14.2 Å². The van der Waals surface area contributed by atoms with Gasteiger partial charge in [0.2, 0.25) is 0 Å². The number of hydrogen-bond donors (Lipinski definition) is 0. The fourth-order valence-electron chi connectivity index (χ4n) is 4.46. The quantitative estimate of drug-likeness (QED) is 0.0711. The van der Waals surface area contributed by atoms with Crippen LogP contribution in [0.15, 0.2) is 121 Å². The number of carbonyl (C=O) groups is 2. The van der Waals surface area contributed by atoms with Crippen molar-refractivity contribution in [2.45, 2.75) is 0 Å². The van der Waals surface area contributed by atoms with Gasteiger partial charge in [-0.05, 0) is 57.6 Å². The normalized spacial score (nSPS) is 10.6. The number of methoxy groups -OCH3 is 2. The van der Waals surface area contributed by atoms with E-state index in [2.05, 4.69) is 61.7 Å². The number of rotatable bonds is 17. The van der Waals surface area contributed by atoms with Crippen LogP contribution >= 0.6 is 0 Å². The lowest BCUT2D eigenvalue weighted by atomic mass is 9.98. The summed E-state index contributed by atoms with van der Waals surface area (Å²) in [6, 6.07) is 32.4. The van der Waals surface area contributed by atoms with E-state index in [1.165, 1.54) is 14.2 Å². The maximum absolute atomic E-state index is 11.7. The van der Waals surface area contributed by atoms with Gasteiger partial charge < -0.3 is 28.4 Å². The van der Waals surface area contributed by atoms with Gasteiger partial charge in [-0.2, -0.15) is 0 Å². The summed E-state index contributed by atoms with van der Waals surface area (Å²) in [5, 5.41) is 0. The first-order valence-electron chi connectivity index (χ1n) is 14.7. The van der Waals surface area contributed by atoms with E-state index in [1.54, 1.807) is 0 Å². The Balaban J connectivity index is 1.24. The molecule has 8 heteroatoms. The van der Waals surface area contributed by atoms with Gasteiger partial charge in [0.05, 0.1) is 24.4 Å². The standard InChI is InChI=1S/C38H38O8/c1-27(25-41-3)37(39)45-23-21-43-35-17-13-33(14-18-35)31-9-5-29(6-10-31)30-7-11-32(12-8-30)34-15-19-36(20-16-34)44-22-24-46-38(40)28(2)26-42-4/h5-20H,1-2,21-26H2,3-4H3. The zero-order valence-corrected chi connectivity index (χ0v) is 26.2. The summed E-state index contributed by atoms with van der Waals surface area (Å²) < 4.78 is 31.4. The summed E-state index contributed by atoms with van der Waals surface area (Å²) in [5.74, 6) is 0.410. The molecule has 0 saturated heterocycles. The molecule has 4 rings (SSSR count). The van der Waals surface area contributed by atoms with E-state index >= 15 is 0 Å². The van der Waals surface area contributed by atoms with E-state index in [1.807, 2.05) is 48.5 Å². The van der Waals surface area contributed by atoms with Crippen molar-refractivity contribution in [3.05, 3.63) is 121 Å². The fourth-order valence-corrected chi connectivity index (χ4v) is 4.46. The molecule has 0 unspecified atom stereocenters. The first-order chi connectivity index (χ1) is 22.4. The van der Waals surface area contributed by atoms with Gasteiger partial charge in [0.15, 0.2) is 0 Å². The number of benzene rings is 4. The van der Waals surface area contributed by atoms with Crippen molar-refractivity contribution in [2.75, 3.05) is 53.9 Å². The minimum atomic E-state index is -0.488. The third kappa shape index (κ3) is 9.92. The first-order valence-corrected chi connectivity index (χ1v) is 14.7. The van der Waals surface area contributed by atoms with Crippen LogP contribution in [0.5, 0.6) is 11.5 Å². The summed E-state index contributed by atoms with van der Waals surface area (Å²) in [4.78, 5) is 23.5. The molecular weight excluding hydrogens is 584 g/mol. The van der Waals surface area contributed by atoms with Crippen LogP contribution in [-0.4, -0.2) is 65.8 Å². The van der Waals surface area contributed by atoms with Crippen LogP contribution in [0.1, 0.15) is 0 Å². The molecule has 0 saturated carbocycles. The van der Waals surface area contributed by atoms with E-state index in [0.29, 0.717) is 11.5 Å². The summed E-state index contributed by atoms with van der Waals surface area (Å²) in [5.41, 5.74) is 7.09. The fraction of sp³-hybridized carbons (Fsp3) is 0.211. The largest absolute Gasteiger partial charge is 0.490 e. The molecule has 0 amide bonds. The minimum Gasteiger partial charge on any atom is -0.490 e. The average Bonchev–Trinajstić information content (AvgIpc) is 3.09. The van der Waals surface area contributed by atoms with Crippen LogP contribution in [0.3, 0.4) is 0 Å². The maximum atomic E-state index is 11.7. The van der Waals surface area contributed by atoms with Gasteiger partial charge in [-0.3, -0.25) is 0 Å². The van der Waals surface area contributed by atoms with Crippen molar-refractivity contribution in [3.8, 4) is 44.9 Å². The Morgan fingerprint density at radius 3 is 0.978 bits per heavy atom. The second kappa shape index (κ2) is 17.3. The van der Waals surface area contributed by atoms with E-state index in [0.717, 1.165) is 33.4 Å². The van der Waals surface area contributed by atoms with Gasteiger partial charge in [0.25, 0.3) is 0 Å². The number of esters is 2. The van der Waals surface area contributed by atoms with Crippen molar-refractivity contribution in [1.82, 2.24) is 0 Å². The Hall–Kier alpha value is -5.18. The molecule has 0 aromatic heterocycles. The van der Waals surface area contributed by atoms with Gasteiger partial charge in [-0.1, -0.05) is 86.0 Å². The molecule has 238 valence electrons. The molecule has 0 N–H and O–H groups in total.